The molecular weight excluding hydrogens is 316 g/mol. The number of nitrogens with zero attached hydrogens (tertiary/aromatic N) is 2. The molecule has 0 N–H and O–H groups in total. The number of amides is 1. The van der Waals surface area contributed by atoms with E-state index in [1.165, 1.54) is 16.8 Å². The first-order valence-corrected chi connectivity index (χ1v) is 6.96. The highest BCUT2D eigenvalue weighted by atomic mass is 79.9. The lowest BCUT2D eigenvalue weighted by Gasteiger charge is -2.05. The highest BCUT2D eigenvalue weighted by molar-refractivity contribution is 9.11. The van der Waals surface area contributed by atoms with Gasteiger partial charge < -0.3 is 0 Å². The Morgan fingerprint density at radius 2 is 2.40 bits per heavy atom. The summed E-state index contributed by atoms with van der Waals surface area (Å²) in [5.74, 6) is 0.335. The van der Waals surface area contributed by atoms with Crippen LogP contribution in [0.5, 0.6) is 0 Å². The summed E-state index contributed by atoms with van der Waals surface area (Å²) < 4.78 is 1.56. The molecule has 1 aromatic rings. The van der Waals surface area contributed by atoms with E-state index in [2.05, 4.69) is 21.0 Å². The normalized spacial score (nSPS) is 17.0. The molecule has 1 saturated heterocycles. The van der Waals surface area contributed by atoms with Crippen LogP contribution >= 0.6 is 51.2 Å². The van der Waals surface area contributed by atoms with Gasteiger partial charge in [0.15, 0.2) is 4.32 Å². The van der Waals surface area contributed by atoms with E-state index in [-0.39, 0.29) is 5.91 Å². The molecule has 1 aromatic heterocycles. The Morgan fingerprint density at radius 1 is 1.60 bits per heavy atom. The van der Waals surface area contributed by atoms with Gasteiger partial charge >= 0.3 is 0 Å². The fraction of sp³-hybridized carbons (Fsp3) is 0.125. The van der Waals surface area contributed by atoms with Gasteiger partial charge in [-0.1, -0.05) is 24.0 Å². The van der Waals surface area contributed by atoms with E-state index >= 15 is 0 Å². The van der Waals surface area contributed by atoms with E-state index in [4.69, 9.17) is 12.2 Å². The van der Waals surface area contributed by atoms with Gasteiger partial charge in [-0.05, 0) is 28.1 Å². The predicted molar refractivity (Wildman–Crippen MR) is 71.5 cm³/mol. The van der Waals surface area contributed by atoms with Gasteiger partial charge in [0.05, 0.1) is 15.8 Å². The lowest BCUT2D eigenvalue weighted by Crippen LogP contribution is -2.22. The fourth-order valence-electron chi connectivity index (χ4n) is 0.971. The Morgan fingerprint density at radius 3 is 2.93 bits per heavy atom. The molecule has 78 valence electrons. The Hall–Kier alpha value is -0.240. The van der Waals surface area contributed by atoms with Crippen molar-refractivity contribution in [2.75, 3.05) is 5.75 Å². The zero-order valence-electron chi connectivity index (χ0n) is 7.34. The molecule has 0 unspecified atom stereocenters. The van der Waals surface area contributed by atoms with Gasteiger partial charge in [0.2, 0.25) is 0 Å². The zero-order chi connectivity index (χ0) is 10.8. The number of halogens is 1. The van der Waals surface area contributed by atoms with E-state index < -0.39 is 0 Å². The van der Waals surface area contributed by atoms with Gasteiger partial charge in [0.1, 0.15) is 0 Å². The molecule has 3 nitrogen and oxygen atoms in total. The molecule has 0 atom stereocenters. The summed E-state index contributed by atoms with van der Waals surface area (Å²) in [7, 11) is 0. The van der Waals surface area contributed by atoms with Crippen LogP contribution in [0, 0.1) is 0 Å². The lowest BCUT2D eigenvalue weighted by molar-refractivity contribution is -0.123. The van der Waals surface area contributed by atoms with Crippen molar-refractivity contribution in [3.63, 3.8) is 0 Å². The molecule has 0 spiro atoms. The molecule has 0 radical (unpaired) electrons. The van der Waals surface area contributed by atoms with Crippen molar-refractivity contribution in [3.8, 4) is 0 Å². The number of hydrazone groups is 1. The van der Waals surface area contributed by atoms with Crippen LogP contribution in [0.4, 0.5) is 0 Å². The van der Waals surface area contributed by atoms with Crippen molar-refractivity contribution in [1.29, 1.82) is 0 Å². The first kappa shape index (κ1) is 11.3. The minimum Gasteiger partial charge on any atom is -0.272 e. The number of rotatable bonds is 2. The monoisotopic (exact) mass is 320 g/mol. The first-order valence-electron chi connectivity index (χ1n) is 3.96. The maximum absolute atomic E-state index is 11.3. The molecular formula is C8H5BrN2OS3. The second-order valence-corrected chi connectivity index (χ2v) is 6.75. The number of thiophene rings is 1. The van der Waals surface area contributed by atoms with Crippen molar-refractivity contribution in [2.24, 2.45) is 5.10 Å². The zero-order valence-corrected chi connectivity index (χ0v) is 11.4. The number of carbonyl (C=O) groups excluding carboxylic acids is 1. The quantitative estimate of drug-likeness (QED) is 0.620. The molecule has 0 bridgehead atoms. The highest BCUT2D eigenvalue weighted by Gasteiger charge is 2.25. The minimum absolute atomic E-state index is 0.0585. The van der Waals surface area contributed by atoms with Gasteiger partial charge in [-0.25, -0.2) is 0 Å². The van der Waals surface area contributed by atoms with Crippen molar-refractivity contribution in [1.82, 2.24) is 5.01 Å². The Bertz CT molecular complexity index is 427. The highest BCUT2D eigenvalue weighted by Crippen LogP contribution is 2.22. The molecule has 1 fully saturated rings. The van der Waals surface area contributed by atoms with E-state index in [0.29, 0.717) is 10.1 Å². The molecule has 0 aliphatic carbocycles. The van der Waals surface area contributed by atoms with Gasteiger partial charge in [0, 0.05) is 4.88 Å². The smallest absolute Gasteiger partial charge is 0.259 e. The van der Waals surface area contributed by atoms with Crippen molar-refractivity contribution in [2.45, 2.75) is 0 Å². The third-order valence-electron chi connectivity index (χ3n) is 1.62. The van der Waals surface area contributed by atoms with Crippen LogP contribution in [0.25, 0.3) is 0 Å². The second kappa shape index (κ2) is 4.73. The summed E-state index contributed by atoms with van der Waals surface area (Å²) in [5.41, 5.74) is 0. The lowest BCUT2D eigenvalue weighted by atomic mass is 10.5. The largest absolute Gasteiger partial charge is 0.272 e. The number of thiocarbonyl (C=S) groups is 1. The standard InChI is InChI=1S/C8H5BrN2OS3/c9-6-2-1-5(15-6)3-10-11-7(12)4-14-8(11)13/h1-3H,4H2. The molecule has 0 aromatic carbocycles. The number of carbonyl (C=O) groups is 1. The van der Waals surface area contributed by atoms with Crippen molar-refractivity contribution >= 4 is 67.7 Å². The van der Waals surface area contributed by atoms with E-state index in [9.17, 15) is 4.79 Å². The summed E-state index contributed by atoms with van der Waals surface area (Å²) in [5, 5.41) is 5.33. The van der Waals surface area contributed by atoms with Gasteiger partial charge in [-0.3, -0.25) is 4.79 Å². The maximum Gasteiger partial charge on any atom is 0.259 e. The fourth-order valence-corrected chi connectivity index (χ4v) is 3.23. The molecule has 1 amide bonds. The molecule has 7 heteroatoms. The van der Waals surface area contributed by atoms with Crippen molar-refractivity contribution in [3.05, 3.63) is 20.8 Å². The Kier molecular flexibility index (Phi) is 3.55. The number of hydrogen-bond donors (Lipinski definition) is 0. The van der Waals surface area contributed by atoms with Crippen LogP contribution in [0.3, 0.4) is 0 Å². The van der Waals surface area contributed by atoms with Crippen LogP contribution < -0.4 is 0 Å². The predicted octanol–water partition coefficient (Wildman–Crippen LogP) is 2.70. The topological polar surface area (TPSA) is 32.7 Å². The molecule has 2 rings (SSSR count). The minimum atomic E-state index is -0.0585. The Balaban J connectivity index is 2.11. The average Bonchev–Trinajstić information content (AvgIpc) is 2.73. The first-order chi connectivity index (χ1) is 7.16. The molecule has 2 heterocycles. The second-order valence-electron chi connectivity index (χ2n) is 2.65. The van der Waals surface area contributed by atoms with Crippen LogP contribution in [0.2, 0.25) is 0 Å². The summed E-state index contributed by atoms with van der Waals surface area (Å²) in [4.78, 5) is 12.3. The van der Waals surface area contributed by atoms with Crippen LogP contribution in [-0.2, 0) is 4.79 Å². The molecule has 0 saturated carbocycles. The third kappa shape index (κ3) is 2.66. The van der Waals surface area contributed by atoms with E-state index in [1.807, 2.05) is 12.1 Å². The number of hydrogen-bond acceptors (Lipinski definition) is 5. The third-order valence-corrected chi connectivity index (χ3v) is 4.52. The summed E-state index contributed by atoms with van der Waals surface area (Å²) in [6, 6.07) is 3.86. The summed E-state index contributed by atoms with van der Waals surface area (Å²) >= 11 is 11.2. The van der Waals surface area contributed by atoms with Gasteiger partial charge in [-0.2, -0.15) is 10.1 Å². The number of thioether (sulfide) groups is 1. The van der Waals surface area contributed by atoms with Crippen LogP contribution in [0.1, 0.15) is 4.88 Å². The van der Waals surface area contributed by atoms with Gasteiger partial charge in [-0.15, -0.1) is 11.3 Å². The average molecular weight is 321 g/mol. The molecule has 1 aliphatic heterocycles. The van der Waals surface area contributed by atoms with Crippen LogP contribution in [0.15, 0.2) is 21.0 Å². The van der Waals surface area contributed by atoms with Crippen LogP contribution in [-0.4, -0.2) is 27.2 Å². The van der Waals surface area contributed by atoms with E-state index in [1.54, 1.807) is 17.6 Å². The molecule has 1 aliphatic rings. The summed E-state index contributed by atoms with van der Waals surface area (Å²) in [6.07, 6.45) is 1.64. The molecule has 15 heavy (non-hydrogen) atoms. The van der Waals surface area contributed by atoms with Crippen molar-refractivity contribution < 1.29 is 4.79 Å². The SMILES string of the molecule is O=C1CSC(=S)N1N=Cc1ccc(Br)s1. The van der Waals surface area contributed by atoms with Gasteiger partial charge in [0.25, 0.3) is 5.91 Å². The maximum atomic E-state index is 11.3. The van der Waals surface area contributed by atoms with E-state index in [0.717, 1.165) is 8.66 Å². The Labute approximate surface area is 109 Å². The summed E-state index contributed by atoms with van der Waals surface area (Å²) in [6.45, 7) is 0.